The van der Waals surface area contributed by atoms with Crippen LogP contribution in [0.1, 0.15) is 25.7 Å². The number of pyridine rings is 1. The number of nitrogens with one attached hydrogen (secondary N) is 3. The Kier molecular flexibility index (Phi) is 9.13. The van der Waals surface area contributed by atoms with Crippen LogP contribution in [0.15, 0.2) is 29.2 Å². The zero-order valence-electron chi connectivity index (χ0n) is 22.2. The van der Waals surface area contributed by atoms with E-state index in [1.807, 2.05) is 4.72 Å². The largest absolute Gasteiger partial charge is 0.390 e. The Bertz CT molecular complexity index is 1600. The lowest BCUT2D eigenvalue weighted by atomic mass is 9.89. The van der Waals surface area contributed by atoms with Gasteiger partial charge >= 0.3 is 10.2 Å². The van der Waals surface area contributed by atoms with Gasteiger partial charge in [-0.3, -0.25) is 14.1 Å². The van der Waals surface area contributed by atoms with Crippen molar-refractivity contribution in [3.8, 4) is 11.1 Å². The maximum absolute atomic E-state index is 15.5. The first-order chi connectivity index (χ1) is 19.0. The predicted molar refractivity (Wildman–Crippen MR) is 151 cm³/mol. The van der Waals surface area contributed by atoms with E-state index in [2.05, 4.69) is 20.6 Å². The van der Waals surface area contributed by atoms with Gasteiger partial charge in [0.2, 0.25) is 5.95 Å². The van der Waals surface area contributed by atoms with Crippen molar-refractivity contribution in [2.75, 3.05) is 42.8 Å². The van der Waals surface area contributed by atoms with Crippen LogP contribution >= 0.6 is 12.4 Å². The van der Waals surface area contributed by atoms with E-state index in [0.29, 0.717) is 31.2 Å². The van der Waals surface area contributed by atoms with Crippen molar-refractivity contribution >= 4 is 45.3 Å². The van der Waals surface area contributed by atoms with Crippen LogP contribution in [0.3, 0.4) is 0 Å². The van der Waals surface area contributed by atoms with Crippen molar-refractivity contribution in [2.24, 2.45) is 7.05 Å². The predicted octanol–water partition coefficient (Wildman–Crippen LogP) is 2.31. The first-order valence-electron chi connectivity index (χ1n) is 12.9. The van der Waals surface area contributed by atoms with Crippen LogP contribution in [0.2, 0.25) is 0 Å². The fourth-order valence-electron chi connectivity index (χ4n) is 5.05. The summed E-state index contributed by atoms with van der Waals surface area (Å²) in [7, 11) is -2.91. The highest BCUT2D eigenvalue weighted by Gasteiger charge is 2.33. The third-order valence-electron chi connectivity index (χ3n) is 7.39. The van der Waals surface area contributed by atoms with Gasteiger partial charge < -0.3 is 15.7 Å². The molecule has 5 rings (SSSR count). The molecule has 41 heavy (non-hydrogen) atoms. The van der Waals surface area contributed by atoms with Gasteiger partial charge in [0.25, 0.3) is 5.56 Å². The second-order valence-electron chi connectivity index (χ2n) is 10.2. The second-order valence-corrected chi connectivity index (χ2v) is 11.9. The quantitative estimate of drug-likeness (QED) is 0.302. The van der Waals surface area contributed by atoms with Crippen molar-refractivity contribution in [3.63, 3.8) is 0 Å². The molecule has 0 spiro atoms. The van der Waals surface area contributed by atoms with Crippen LogP contribution < -0.4 is 20.9 Å². The molecule has 2 saturated heterocycles. The highest BCUT2D eigenvalue weighted by molar-refractivity contribution is 7.90. The average molecular weight is 618 g/mol. The lowest BCUT2D eigenvalue weighted by molar-refractivity contribution is 0.00570. The zero-order chi connectivity index (χ0) is 28.7. The van der Waals surface area contributed by atoms with E-state index >= 15 is 4.39 Å². The Morgan fingerprint density at radius 3 is 2.66 bits per heavy atom. The SMILES string of the molecule is Cl.Cn1c(=O)c(-c2c(F)ccc(NS(=O)(=O)N3CC[C@@H](F)C3)c2F)cc2cnc(NCCC3(O)CCNCC3)nc21. The van der Waals surface area contributed by atoms with E-state index in [0.717, 1.165) is 34.1 Å². The highest BCUT2D eigenvalue weighted by atomic mass is 35.5. The van der Waals surface area contributed by atoms with Gasteiger partial charge in [0, 0.05) is 38.3 Å². The van der Waals surface area contributed by atoms with Crippen LogP contribution in [-0.2, 0) is 17.3 Å². The van der Waals surface area contributed by atoms with E-state index < -0.39 is 50.4 Å². The van der Waals surface area contributed by atoms with Crippen molar-refractivity contribution in [1.29, 1.82) is 0 Å². The molecule has 1 atom stereocenters. The number of halogens is 4. The number of aromatic nitrogens is 3. The molecule has 2 aliphatic heterocycles. The Morgan fingerprint density at radius 2 is 1.98 bits per heavy atom. The van der Waals surface area contributed by atoms with Gasteiger partial charge in [-0.05, 0) is 57.0 Å². The Labute approximate surface area is 240 Å². The monoisotopic (exact) mass is 617 g/mol. The smallest absolute Gasteiger partial charge is 0.301 e. The molecule has 3 aromatic rings. The third kappa shape index (κ3) is 6.43. The minimum atomic E-state index is -4.31. The number of rotatable bonds is 8. The second kappa shape index (κ2) is 12.1. The number of anilines is 2. The molecule has 224 valence electrons. The topological polar surface area (TPSA) is 141 Å². The minimum absolute atomic E-state index is 0. The third-order valence-corrected chi connectivity index (χ3v) is 8.88. The molecule has 0 unspecified atom stereocenters. The van der Waals surface area contributed by atoms with Crippen LogP contribution in [0.5, 0.6) is 0 Å². The number of fused-ring (bicyclic) bond motifs is 1. The lowest BCUT2D eigenvalue weighted by Gasteiger charge is -2.32. The molecule has 0 saturated carbocycles. The van der Waals surface area contributed by atoms with Gasteiger partial charge in [0.15, 0.2) is 5.82 Å². The molecule has 2 fully saturated rings. The maximum atomic E-state index is 15.5. The van der Waals surface area contributed by atoms with Gasteiger partial charge in [0.1, 0.15) is 17.6 Å². The van der Waals surface area contributed by atoms with E-state index in [1.165, 1.54) is 19.3 Å². The summed E-state index contributed by atoms with van der Waals surface area (Å²) in [4.78, 5) is 21.8. The summed E-state index contributed by atoms with van der Waals surface area (Å²) in [6.07, 6.45) is 1.84. The molecular formula is C25H31ClF3N7O4S. The fraction of sp³-hybridized carbons (Fsp3) is 0.480. The van der Waals surface area contributed by atoms with E-state index in [9.17, 15) is 27.1 Å². The Hall–Kier alpha value is -2.98. The van der Waals surface area contributed by atoms with Gasteiger partial charge in [-0.1, -0.05) is 0 Å². The lowest BCUT2D eigenvalue weighted by Crippen LogP contribution is -2.42. The van der Waals surface area contributed by atoms with Crippen molar-refractivity contribution in [3.05, 3.63) is 46.4 Å². The molecule has 1 aromatic carbocycles. The number of alkyl halides is 1. The molecule has 0 amide bonds. The summed E-state index contributed by atoms with van der Waals surface area (Å²) in [5.74, 6) is -2.14. The van der Waals surface area contributed by atoms with Crippen LogP contribution in [-0.4, -0.2) is 76.9 Å². The summed E-state index contributed by atoms with van der Waals surface area (Å²) < 4.78 is 73.2. The summed E-state index contributed by atoms with van der Waals surface area (Å²) >= 11 is 0. The van der Waals surface area contributed by atoms with Crippen molar-refractivity contribution in [1.82, 2.24) is 24.2 Å². The van der Waals surface area contributed by atoms with Crippen LogP contribution in [0.4, 0.5) is 24.8 Å². The first kappa shape index (κ1) is 31.0. The molecular weight excluding hydrogens is 587 g/mol. The fourth-order valence-corrected chi connectivity index (χ4v) is 6.32. The van der Waals surface area contributed by atoms with Gasteiger partial charge in [-0.2, -0.15) is 17.7 Å². The van der Waals surface area contributed by atoms with E-state index in [1.54, 1.807) is 0 Å². The normalized spacial score (nSPS) is 19.2. The number of aliphatic hydroxyl groups is 1. The summed E-state index contributed by atoms with van der Waals surface area (Å²) in [5.41, 5.74) is -2.98. The van der Waals surface area contributed by atoms with Crippen LogP contribution in [0, 0.1) is 11.6 Å². The minimum Gasteiger partial charge on any atom is -0.390 e. The van der Waals surface area contributed by atoms with E-state index in [-0.39, 0.29) is 49.1 Å². The first-order valence-corrected chi connectivity index (χ1v) is 14.4. The number of aryl methyl sites for hydroxylation is 1. The summed E-state index contributed by atoms with van der Waals surface area (Å²) in [6.45, 7) is 1.43. The average Bonchev–Trinajstić information content (AvgIpc) is 3.36. The molecule has 0 bridgehead atoms. The number of piperidine rings is 1. The molecule has 0 radical (unpaired) electrons. The molecule has 0 aliphatic carbocycles. The maximum Gasteiger partial charge on any atom is 0.301 e. The number of hydrogen-bond acceptors (Lipinski definition) is 8. The molecule has 4 N–H and O–H groups in total. The molecule has 2 aromatic heterocycles. The molecule has 11 nitrogen and oxygen atoms in total. The van der Waals surface area contributed by atoms with Crippen molar-refractivity contribution < 1.29 is 26.7 Å². The standard InChI is InChI=1S/C25H30F3N7O4S.ClH/c1-34-22-15(13-31-24(32-22)30-10-7-25(37)5-8-29-9-6-25)12-17(23(34)36)20-18(27)2-3-19(21(20)28)33-40(38,39)35-11-4-16(26)14-35;/h2-3,12-13,16,29,33,37H,4-11,14H2,1H3,(H,30,31,32);1H/t16-;/m1./s1. The Morgan fingerprint density at radius 1 is 1.24 bits per heavy atom. The van der Waals surface area contributed by atoms with Gasteiger partial charge in [-0.25, -0.2) is 18.2 Å². The number of nitrogens with zero attached hydrogens (tertiary/aromatic N) is 4. The molecule has 4 heterocycles. The molecule has 16 heteroatoms. The highest BCUT2D eigenvalue weighted by Crippen LogP contribution is 2.31. The number of hydrogen-bond donors (Lipinski definition) is 4. The summed E-state index contributed by atoms with van der Waals surface area (Å²) in [5, 5.41) is 17.2. The number of benzene rings is 1. The van der Waals surface area contributed by atoms with Crippen LogP contribution in [0.25, 0.3) is 22.2 Å². The summed E-state index contributed by atoms with van der Waals surface area (Å²) in [6, 6.07) is 3.00. The molecule has 2 aliphatic rings. The Balaban J connectivity index is 0.00000387. The van der Waals surface area contributed by atoms with Gasteiger partial charge in [0.05, 0.1) is 22.4 Å². The van der Waals surface area contributed by atoms with E-state index in [4.69, 9.17) is 0 Å². The zero-order valence-corrected chi connectivity index (χ0v) is 23.8. The van der Waals surface area contributed by atoms with Crippen molar-refractivity contribution in [2.45, 2.75) is 37.5 Å². The van der Waals surface area contributed by atoms with Gasteiger partial charge in [-0.15, -0.1) is 12.4 Å².